The number of hydrogen-bond acceptors (Lipinski definition) is 2. The molecule has 2 aliphatic rings. The van der Waals surface area contributed by atoms with Gasteiger partial charge in [0.2, 0.25) is 0 Å². The highest BCUT2D eigenvalue weighted by molar-refractivity contribution is 6.30. The van der Waals surface area contributed by atoms with E-state index in [4.69, 9.17) is 11.6 Å². The van der Waals surface area contributed by atoms with E-state index in [1.807, 2.05) is 36.4 Å². The highest BCUT2D eigenvalue weighted by Gasteiger charge is 2.42. The maximum absolute atomic E-state index is 13.0. The summed E-state index contributed by atoms with van der Waals surface area (Å²) in [4.78, 5) is 25.2. The number of halogens is 1. The van der Waals surface area contributed by atoms with Gasteiger partial charge in [0, 0.05) is 16.5 Å². The van der Waals surface area contributed by atoms with Crippen molar-refractivity contribution in [3.05, 3.63) is 70.2 Å². The molecule has 2 unspecified atom stereocenters. The number of aliphatic carboxylic acids is 1. The van der Waals surface area contributed by atoms with Crippen LogP contribution in [0.4, 0.5) is 0 Å². The van der Waals surface area contributed by atoms with Gasteiger partial charge in [-0.3, -0.25) is 9.59 Å². The van der Waals surface area contributed by atoms with Gasteiger partial charge in [-0.05, 0) is 73.6 Å². The fourth-order valence-corrected chi connectivity index (χ4v) is 5.34. The zero-order valence-electron chi connectivity index (χ0n) is 15.8. The number of rotatable bonds is 4. The van der Waals surface area contributed by atoms with Gasteiger partial charge in [0.05, 0.1) is 5.92 Å². The largest absolute Gasteiger partial charge is 0.481 e. The van der Waals surface area contributed by atoms with E-state index in [-0.39, 0.29) is 11.7 Å². The van der Waals surface area contributed by atoms with Crippen LogP contribution in [0.15, 0.2) is 48.5 Å². The summed E-state index contributed by atoms with van der Waals surface area (Å²) in [6.07, 6.45) is 5.08. The first kappa shape index (κ1) is 19.2. The number of benzene rings is 2. The van der Waals surface area contributed by atoms with Gasteiger partial charge >= 0.3 is 5.97 Å². The summed E-state index contributed by atoms with van der Waals surface area (Å²) >= 11 is 5.99. The minimum Gasteiger partial charge on any atom is -0.481 e. The first-order valence-electron chi connectivity index (χ1n) is 10.1. The quantitative estimate of drug-likeness (QED) is 0.714. The maximum atomic E-state index is 13.0. The lowest BCUT2D eigenvalue weighted by molar-refractivity contribution is -0.146. The normalized spacial score (nSPS) is 25.8. The number of ketones is 1. The van der Waals surface area contributed by atoms with E-state index in [9.17, 15) is 14.7 Å². The summed E-state index contributed by atoms with van der Waals surface area (Å²) in [7, 11) is 0. The summed E-state index contributed by atoms with van der Waals surface area (Å²) in [5.41, 5.74) is 3.05. The molecule has 0 aliphatic heterocycles. The van der Waals surface area contributed by atoms with E-state index in [1.165, 1.54) is 5.56 Å². The Kier molecular flexibility index (Phi) is 5.54. The van der Waals surface area contributed by atoms with Crippen LogP contribution in [0.3, 0.4) is 0 Å². The average molecular weight is 397 g/mol. The predicted octanol–water partition coefficient (Wildman–Crippen LogP) is 5.76. The smallest absolute Gasteiger partial charge is 0.307 e. The van der Waals surface area contributed by atoms with Crippen molar-refractivity contribution >= 4 is 23.4 Å². The van der Waals surface area contributed by atoms with Crippen molar-refractivity contribution in [1.29, 1.82) is 0 Å². The number of carbonyl (C=O) groups excluding carboxylic acids is 1. The molecule has 1 fully saturated rings. The van der Waals surface area contributed by atoms with Gasteiger partial charge in [-0.25, -0.2) is 0 Å². The minimum atomic E-state index is -0.812. The number of Topliss-reactive ketones (excluding diaryl/α,β-unsaturated/α-hetero) is 1. The fraction of sp³-hybridized carbons (Fsp3) is 0.417. The Hall–Kier alpha value is -2.13. The molecule has 3 nitrogen and oxygen atoms in total. The lowest BCUT2D eigenvalue weighted by atomic mass is 9.66. The second-order valence-electron chi connectivity index (χ2n) is 8.19. The van der Waals surface area contributed by atoms with Crippen molar-refractivity contribution in [2.45, 2.75) is 44.4 Å². The molecular weight excluding hydrogens is 372 g/mol. The van der Waals surface area contributed by atoms with Gasteiger partial charge in [0.25, 0.3) is 0 Å². The average Bonchev–Trinajstić information content (AvgIpc) is 2.71. The van der Waals surface area contributed by atoms with Crippen molar-refractivity contribution < 1.29 is 14.7 Å². The van der Waals surface area contributed by atoms with Gasteiger partial charge < -0.3 is 5.11 Å². The standard InChI is InChI=1S/C24H25ClO3/c25-19-12-9-16(10-13-19)15-5-7-18(8-6-15)22(24(27)28)21-14-11-17-3-1-2-4-20(17)23(21)26/h1-4,9-10,12-13,15,18,21-22H,5-8,11,14H2,(H,27,28). The van der Waals surface area contributed by atoms with Crippen LogP contribution in [-0.4, -0.2) is 16.9 Å². The molecule has 4 rings (SSSR count). The Bertz CT molecular complexity index is 866. The van der Waals surface area contributed by atoms with E-state index in [0.717, 1.165) is 48.3 Å². The zero-order chi connectivity index (χ0) is 19.7. The van der Waals surface area contributed by atoms with E-state index in [0.29, 0.717) is 12.3 Å². The second kappa shape index (κ2) is 8.08. The van der Waals surface area contributed by atoms with E-state index < -0.39 is 17.8 Å². The van der Waals surface area contributed by atoms with E-state index in [2.05, 4.69) is 12.1 Å². The molecule has 0 heterocycles. The lowest BCUT2D eigenvalue weighted by Gasteiger charge is -2.37. The number of aryl methyl sites for hydroxylation is 1. The van der Waals surface area contributed by atoms with Crippen molar-refractivity contribution in [3.8, 4) is 0 Å². The summed E-state index contributed by atoms with van der Waals surface area (Å²) in [6.45, 7) is 0. The first-order chi connectivity index (χ1) is 13.5. The SMILES string of the molecule is O=C1c2ccccc2CCC1C(C(=O)O)C1CCC(c2ccc(Cl)cc2)CC1. The summed E-state index contributed by atoms with van der Waals surface area (Å²) in [6, 6.07) is 15.6. The maximum Gasteiger partial charge on any atom is 0.307 e. The Morgan fingerprint density at radius 1 is 0.964 bits per heavy atom. The van der Waals surface area contributed by atoms with Crippen molar-refractivity contribution in [1.82, 2.24) is 0 Å². The van der Waals surface area contributed by atoms with Crippen molar-refractivity contribution in [2.75, 3.05) is 0 Å². The topological polar surface area (TPSA) is 54.4 Å². The minimum absolute atomic E-state index is 0.0223. The van der Waals surface area contributed by atoms with Crippen LogP contribution in [0.25, 0.3) is 0 Å². The lowest BCUT2D eigenvalue weighted by Crippen LogP contribution is -2.39. The molecule has 1 N–H and O–H groups in total. The molecule has 2 atom stereocenters. The Labute approximate surface area is 170 Å². The fourth-order valence-electron chi connectivity index (χ4n) is 5.21. The van der Waals surface area contributed by atoms with Gasteiger partial charge in [0.15, 0.2) is 5.78 Å². The molecule has 0 saturated heterocycles. The number of hydrogen-bond donors (Lipinski definition) is 1. The highest BCUT2D eigenvalue weighted by Crippen LogP contribution is 2.43. The van der Waals surface area contributed by atoms with E-state index >= 15 is 0 Å². The summed E-state index contributed by atoms with van der Waals surface area (Å²) in [5.74, 6) is -1.25. The van der Waals surface area contributed by atoms with Crippen LogP contribution in [-0.2, 0) is 11.2 Å². The number of carboxylic acids is 1. The molecule has 0 radical (unpaired) electrons. The highest BCUT2D eigenvalue weighted by atomic mass is 35.5. The Balaban J connectivity index is 1.48. The predicted molar refractivity (Wildman–Crippen MR) is 110 cm³/mol. The molecular formula is C24H25ClO3. The third kappa shape index (κ3) is 3.73. The van der Waals surface area contributed by atoms with Crippen molar-refractivity contribution in [3.63, 3.8) is 0 Å². The summed E-state index contributed by atoms with van der Waals surface area (Å²) < 4.78 is 0. The monoisotopic (exact) mass is 396 g/mol. The third-order valence-electron chi connectivity index (χ3n) is 6.68. The van der Waals surface area contributed by atoms with Crippen LogP contribution >= 0.6 is 11.6 Å². The van der Waals surface area contributed by atoms with Crippen molar-refractivity contribution in [2.24, 2.45) is 17.8 Å². The molecule has 4 heteroatoms. The van der Waals surface area contributed by atoms with Gasteiger partial charge in [-0.15, -0.1) is 0 Å². The molecule has 28 heavy (non-hydrogen) atoms. The molecule has 2 aliphatic carbocycles. The van der Waals surface area contributed by atoms with Gasteiger partial charge in [-0.1, -0.05) is 48.0 Å². The van der Waals surface area contributed by atoms with Gasteiger partial charge in [0.1, 0.15) is 0 Å². The number of fused-ring (bicyclic) bond motifs is 1. The zero-order valence-corrected chi connectivity index (χ0v) is 16.6. The molecule has 2 aromatic rings. The van der Waals surface area contributed by atoms with Crippen LogP contribution in [0.5, 0.6) is 0 Å². The first-order valence-corrected chi connectivity index (χ1v) is 10.5. The molecule has 146 valence electrons. The number of carboxylic acid groups (broad SMARTS) is 1. The molecule has 0 amide bonds. The number of carbonyl (C=O) groups is 2. The molecule has 1 saturated carbocycles. The second-order valence-corrected chi connectivity index (χ2v) is 8.63. The van der Waals surface area contributed by atoms with Crippen LogP contribution < -0.4 is 0 Å². The van der Waals surface area contributed by atoms with Crippen LogP contribution in [0.1, 0.15) is 59.5 Å². The van der Waals surface area contributed by atoms with Gasteiger partial charge in [-0.2, -0.15) is 0 Å². The van der Waals surface area contributed by atoms with E-state index in [1.54, 1.807) is 0 Å². The Morgan fingerprint density at radius 3 is 2.32 bits per heavy atom. The third-order valence-corrected chi connectivity index (χ3v) is 6.94. The molecule has 0 spiro atoms. The Morgan fingerprint density at radius 2 is 1.64 bits per heavy atom. The van der Waals surface area contributed by atoms with Crippen LogP contribution in [0.2, 0.25) is 5.02 Å². The molecule has 0 bridgehead atoms. The molecule has 0 aromatic heterocycles. The summed E-state index contributed by atoms with van der Waals surface area (Å²) in [5, 5.41) is 10.7. The molecule has 2 aromatic carbocycles. The van der Waals surface area contributed by atoms with Crippen LogP contribution in [0, 0.1) is 17.8 Å².